The number of hydrogen-bond donors (Lipinski definition) is 1. The van der Waals surface area contributed by atoms with Crippen LogP contribution in [0.5, 0.6) is 0 Å². The van der Waals surface area contributed by atoms with E-state index in [9.17, 15) is 4.79 Å². The number of carboxylic acid groups (broad SMARTS) is 1. The lowest BCUT2D eigenvalue weighted by Gasteiger charge is -2.25. The first-order valence-corrected chi connectivity index (χ1v) is 4.86. The van der Waals surface area contributed by atoms with Crippen LogP contribution >= 0.6 is 0 Å². The highest BCUT2D eigenvalue weighted by atomic mass is 16.4. The standard InChI is InChI=1S/C11H12N2O2/c14-11(15)10-8-9(4-5-12-10)13-6-2-1-3-7-13/h1-2,4-5,8H,3,6-7H2,(H,14,15). The van der Waals surface area contributed by atoms with Gasteiger partial charge in [-0.05, 0) is 18.6 Å². The Balaban J connectivity index is 2.24. The van der Waals surface area contributed by atoms with Crippen molar-refractivity contribution in [2.75, 3.05) is 18.0 Å². The van der Waals surface area contributed by atoms with Gasteiger partial charge < -0.3 is 10.0 Å². The minimum absolute atomic E-state index is 0.0991. The van der Waals surface area contributed by atoms with Gasteiger partial charge in [-0.3, -0.25) is 0 Å². The molecule has 0 radical (unpaired) electrons. The number of anilines is 1. The van der Waals surface area contributed by atoms with Gasteiger partial charge >= 0.3 is 5.97 Å². The molecule has 2 heterocycles. The van der Waals surface area contributed by atoms with Gasteiger partial charge in [0, 0.05) is 25.0 Å². The number of pyridine rings is 1. The van der Waals surface area contributed by atoms with Crippen LogP contribution in [0.1, 0.15) is 16.9 Å². The Morgan fingerprint density at radius 3 is 3.00 bits per heavy atom. The molecular formula is C11H12N2O2. The van der Waals surface area contributed by atoms with E-state index >= 15 is 0 Å². The first-order chi connectivity index (χ1) is 7.27. The molecule has 1 N–H and O–H groups in total. The van der Waals surface area contributed by atoms with E-state index in [4.69, 9.17) is 5.11 Å². The molecule has 4 nitrogen and oxygen atoms in total. The van der Waals surface area contributed by atoms with Crippen LogP contribution in [0.25, 0.3) is 0 Å². The van der Waals surface area contributed by atoms with E-state index in [-0.39, 0.29) is 5.69 Å². The normalized spacial score (nSPS) is 15.3. The van der Waals surface area contributed by atoms with Crippen molar-refractivity contribution in [3.63, 3.8) is 0 Å². The molecule has 0 spiro atoms. The monoisotopic (exact) mass is 204 g/mol. The Morgan fingerprint density at radius 1 is 1.47 bits per heavy atom. The maximum Gasteiger partial charge on any atom is 0.354 e. The Bertz CT molecular complexity index is 401. The smallest absolute Gasteiger partial charge is 0.354 e. The fraction of sp³-hybridized carbons (Fsp3) is 0.273. The fourth-order valence-electron chi connectivity index (χ4n) is 1.61. The lowest BCUT2D eigenvalue weighted by atomic mass is 10.2. The summed E-state index contributed by atoms with van der Waals surface area (Å²) < 4.78 is 0. The molecule has 4 heteroatoms. The summed E-state index contributed by atoms with van der Waals surface area (Å²) >= 11 is 0. The summed E-state index contributed by atoms with van der Waals surface area (Å²) in [5, 5.41) is 8.81. The van der Waals surface area contributed by atoms with Crippen LogP contribution in [0, 0.1) is 0 Å². The third-order valence-corrected chi connectivity index (χ3v) is 2.39. The number of nitrogens with zero attached hydrogens (tertiary/aromatic N) is 2. The van der Waals surface area contributed by atoms with Gasteiger partial charge in [0.05, 0.1) is 0 Å². The largest absolute Gasteiger partial charge is 0.477 e. The molecule has 0 aliphatic carbocycles. The summed E-state index contributed by atoms with van der Waals surface area (Å²) in [5.74, 6) is -0.982. The summed E-state index contributed by atoms with van der Waals surface area (Å²) in [4.78, 5) is 16.7. The molecule has 0 bridgehead atoms. The van der Waals surface area contributed by atoms with Crippen LogP contribution in [-0.4, -0.2) is 29.1 Å². The zero-order chi connectivity index (χ0) is 10.7. The van der Waals surface area contributed by atoms with Crippen molar-refractivity contribution in [3.05, 3.63) is 36.2 Å². The highest BCUT2D eigenvalue weighted by Gasteiger charge is 2.10. The van der Waals surface area contributed by atoms with Crippen molar-refractivity contribution in [2.45, 2.75) is 6.42 Å². The Labute approximate surface area is 87.9 Å². The van der Waals surface area contributed by atoms with Crippen LogP contribution in [0.3, 0.4) is 0 Å². The summed E-state index contributed by atoms with van der Waals surface area (Å²) in [6.45, 7) is 1.77. The Hall–Kier alpha value is -1.84. The van der Waals surface area contributed by atoms with Crippen molar-refractivity contribution >= 4 is 11.7 Å². The van der Waals surface area contributed by atoms with Gasteiger partial charge in [-0.1, -0.05) is 12.2 Å². The van der Waals surface area contributed by atoms with Gasteiger partial charge in [-0.15, -0.1) is 0 Å². The molecule has 1 aliphatic rings. The molecule has 78 valence electrons. The number of rotatable bonds is 2. The number of aromatic nitrogens is 1. The molecule has 1 aliphatic heterocycles. The molecular weight excluding hydrogens is 192 g/mol. The lowest BCUT2D eigenvalue weighted by molar-refractivity contribution is 0.0690. The van der Waals surface area contributed by atoms with Crippen molar-refractivity contribution < 1.29 is 9.90 Å². The van der Waals surface area contributed by atoms with E-state index in [1.54, 1.807) is 6.07 Å². The van der Waals surface area contributed by atoms with Crippen LogP contribution in [-0.2, 0) is 0 Å². The second-order valence-electron chi connectivity index (χ2n) is 3.41. The third kappa shape index (κ3) is 2.15. The molecule has 1 aromatic heterocycles. The van der Waals surface area contributed by atoms with Crippen LogP contribution in [0.4, 0.5) is 5.69 Å². The summed E-state index contributed by atoms with van der Waals surface area (Å²) in [7, 11) is 0. The molecule has 0 saturated carbocycles. The molecule has 0 fully saturated rings. The van der Waals surface area contributed by atoms with E-state index in [1.165, 1.54) is 6.20 Å². The van der Waals surface area contributed by atoms with E-state index in [1.807, 2.05) is 6.07 Å². The van der Waals surface area contributed by atoms with E-state index in [0.29, 0.717) is 0 Å². The Morgan fingerprint density at radius 2 is 2.33 bits per heavy atom. The number of carbonyl (C=O) groups is 1. The van der Waals surface area contributed by atoms with Gasteiger partial charge in [0.2, 0.25) is 0 Å². The lowest BCUT2D eigenvalue weighted by Crippen LogP contribution is -2.26. The quantitative estimate of drug-likeness (QED) is 0.742. The maximum atomic E-state index is 10.7. The summed E-state index contributed by atoms with van der Waals surface area (Å²) in [6.07, 6.45) is 6.77. The fourth-order valence-corrected chi connectivity index (χ4v) is 1.61. The van der Waals surface area contributed by atoms with Crippen molar-refractivity contribution in [3.8, 4) is 0 Å². The second-order valence-corrected chi connectivity index (χ2v) is 3.41. The molecule has 0 unspecified atom stereocenters. The van der Waals surface area contributed by atoms with Gasteiger partial charge in [0.1, 0.15) is 5.69 Å². The number of carboxylic acids is 1. The van der Waals surface area contributed by atoms with Gasteiger partial charge in [0.25, 0.3) is 0 Å². The SMILES string of the molecule is O=C(O)c1cc(N2CC=CCC2)ccn1. The van der Waals surface area contributed by atoms with E-state index in [0.717, 1.165) is 25.2 Å². The molecule has 0 aromatic carbocycles. The number of hydrogen-bond acceptors (Lipinski definition) is 3. The van der Waals surface area contributed by atoms with Gasteiger partial charge in [-0.25, -0.2) is 9.78 Å². The number of aromatic carboxylic acids is 1. The topological polar surface area (TPSA) is 53.4 Å². The van der Waals surface area contributed by atoms with E-state index < -0.39 is 5.97 Å². The Kier molecular flexibility index (Phi) is 2.67. The maximum absolute atomic E-state index is 10.7. The zero-order valence-corrected chi connectivity index (χ0v) is 8.26. The predicted octanol–water partition coefficient (Wildman–Crippen LogP) is 1.55. The molecule has 0 amide bonds. The van der Waals surface area contributed by atoms with Gasteiger partial charge in [-0.2, -0.15) is 0 Å². The zero-order valence-electron chi connectivity index (χ0n) is 8.26. The van der Waals surface area contributed by atoms with Gasteiger partial charge in [0.15, 0.2) is 0 Å². The first-order valence-electron chi connectivity index (χ1n) is 4.86. The van der Waals surface area contributed by atoms with Crippen molar-refractivity contribution in [1.82, 2.24) is 4.98 Å². The average molecular weight is 204 g/mol. The molecule has 2 rings (SSSR count). The molecule has 0 atom stereocenters. The second kappa shape index (κ2) is 4.13. The predicted molar refractivity (Wildman–Crippen MR) is 57.2 cm³/mol. The average Bonchev–Trinajstić information content (AvgIpc) is 2.30. The summed E-state index contributed by atoms with van der Waals surface area (Å²) in [6, 6.07) is 3.45. The summed E-state index contributed by atoms with van der Waals surface area (Å²) in [5.41, 5.74) is 1.02. The van der Waals surface area contributed by atoms with Crippen LogP contribution in [0.15, 0.2) is 30.5 Å². The van der Waals surface area contributed by atoms with Crippen molar-refractivity contribution in [2.24, 2.45) is 0 Å². The molecule has 0 saturated heterocycles. The first kappa shape index (κ1) is 9.71. The molecule has 1 aromatic rings. The molecule has 15 heavy (non-hydrogen) atoms. The van der Waals surface area contributed by atoms with Crippen LogP contribution < -0.4 is 4.90 Å². The highest BCUT2D eigenvalue weighted by Crippen LogP contribution is 2.17. The highest BCUT2D eigenvalue weighted by molar-refractivity contribution is 5.86. The third-order valence-electron chi connectivity index (χ3n) is 2.39. The minimum Gasteiger partial charge on any atom is -0.477 e. The van der Waals surface area contributed by atoms with Crippen molar-refractivity contribution in [1.29, 1.82) is 0 Å². The van der Waals surface area contributed by atoms with E-state index in [2.05, 4.69) is 22.0 Å². The van der Waals surface area contributed by atoms with Crippen LogP contribution in [0.2, 0.25) is 0 Å². The minimum atomic E-state index is -0.982.